The van der Waals surface area contributed by atoms with Gasteiger partial charge in [0.25, 0.3) is 0 Å². The Morgan fingerprint density at radius 1 is 1.03 bits per heavy atom. The molecular weight excluding hydrogens is 474 g/mol. The Morgan fingerprint density at radius 3 is 2.49 bits per heavy atom. The normalized spacial score (nSPS) is 15.1. The SMILES string of the molecule is CCCCN1CCN(CC(=O)N[C@H](CCNCc2cccc(CC)c2)Cc2cc(F)cc(F)c2)C(=O)C1. The Balaban J connectivity index is 1.55. The van der Waals surface area contributed by atoms with Crippen molar-refractivity contribution in [1.82, 2.24) is 20.4 Å². The second-order valence-electron chi connectivity index (χ2n) is 9.83. The van der Waals surface area contributed by atoms with Gasteiger partial charge in [-0.05, 0) is 67.6 Å². The number of carbonyl (C=O) groups is 2. The highest BCUT2D eigenvalue weighted by molar-refractivity contribution is 5.86. The third-order valence-corrected chi connectivity index (χ3v) is 6.73. The summed E-state index contributed by atoms with van der Waals surface area (Å²) in [6.07, 6.45) is 3.98. The first-order valence-corrected chi connectivity index (χ1v) is 13.4. The van der Waals surface area contributed by atoms with Crippen molar-refractivity contribution in [3.05, 3.63) is 70.8 Å². The smallest absolute Gasteiger partial charge is 0.239 e. The van der Waals surface area contributed by atoms with Crippen molar-refractivity contribution in [3.63, 3.8) is 0 Å². The van der Waals surface area contributed by atoms with E-state index < -0.39 is 11.6 Å². The third-order valence-electron chi connectivity index (χ3n) is 6.73. The van der Waals surface area contributed by atoms with Crippen molar-refractivity contribution in [2.75, 3.05) is 39.3 Å². The lowest BCUT2D eigenvalue weighted by Crippen LogP contribution is -2.54. The van der Waals surface area contributed by atoms with Crippen LogP contribution in [-0.2, 0) is 29.0 Å². The van der Waals surface area contributed by atoms with Crippen LogP contribution in [0, 0.1) is 11.6 Å². The number of amides is 2. The molecule has 8 heteroatoms. The molecule has 6 nitrogen and oxygen atoms in total. The number of rotatable bonds is 14. The lowest BCUT2D eigenvalue weighted by molar-refractivity contribution is -0.140. The van der Waals surface area contributed by atoms with Gasteiger partial charge in [0.05, 0.1) is 13.1 Å². The van der Waals surface area contributed by atoms with Crippen molar-refractivity contribution in [2.24, 2.45) is 0 Å². The summed E-state index contributed by atoms with van der Waals surface area (Å²) in [4.78, 5) is 29.2. The van der Waals surface area contributed by atoms with Crippen molar-refractivity contribution in [1.29, 1.82) is 0 Å². The van der Waals surface area contributed by atoms with E-state index in [0.29, 0.717) is 44.6 Å². The van der Waals surface area contributed by atoms with E-state index in [4.69, 9.17) is 0 Å². The number of carbonyl (C=O) groups excluding carboxylic acids is 2. The molecule has 0 radical (unpaired) electrons. The molecule has 1 heterocycles. The standard InChI is InChI=1S/C29H40F2N4O2/c1-3-5-11-34-12-13-35(29(37)21-34)20-28(36)33-27(17-24-15-25(30)18-26(31)16-24)9-10-32-19-23-8-6-7-22(4-2)14-23/h6-8,14-16,18,27,32H,3-5,9-13,17,19-21H2,1-2H3,(H,33,36)/t27-/m1/s1. The molecule has 2 aromatic carbocycles. The molecule has 0 unspecified atom stereocenters. The second kappa shape index (κ2) is 14.8. The Hall–Kier alpha value is -2.84. The molecule has 1 atom stereocenters. The predicted octanol–water partition coefficient (Wildman–Crippen LogP) is 3.68. The minimum absolute atomic E-state index is 0.00823. The van der Waals surface area contributed by atoms with Gasteiger partial charge in [0.2, 0.25) is 11.8 Å². The summed E-state index contributed by atoms with van der Waals surface area (Å²) in [5.41, 5.74) is 2.95. The fraction of sp³-hybridized carbons (Fsp3) is 0.517. The number of aryl methyl sites for hydroxylation is 1. The van der Waals surface area contributed by atoms with Crippen LogP contribution in [0.4, 0.5) is 8.78 Å². The number of hydrogen-bond donors (Lipinski definition) is 2. The summed E-state index contributed by atoms with van der Waals surface area (Å²) < 4.78 is 27.5. The van der Waals surface area contributed by atoms with E-state index >= 15 is 0 Å². The highest BCUT2D eigenvalue weighted by Gasteiger charge is 2.26. The summed E-state index contributed by atoms with van der Waals surface area (Å²) in [5, 5.41) is 6.41. The van der Waals surface area contributed by atoms with Gasteiger partial charge in [0, 0.05) is 31.7 Å². The number of unbranched alkanes of at least 4 members (excludes halogenated alkanes) is 1. The highest BCUT2D eigenvalue weighted by Crippen LogP contribution is 2.12. The van der Waals surface area contributed by atoms with Crippen LogP contribution in [-0.4, -0.2) is 66.9 Å². The molecule has 2 amide bonds. The lowest BCUT2D eigenvalue weighted by atomic mass is 10.0. The predicted molar refractivity (Wildman–Crippen MR) is 142 cm³/mol. The first-order valence-electron chi connectivity index (χ1n) is 13.4. The van der Waals surface area contributed by atoms with Gasteiger partial charge >= 0.3 is 0 Å². The summed E-state index contributed by atoms with van der Waals surface area (Å²) >= 11 is 0. The topological polar surface area (TPSA) is 64.7 Å². The van der Waals surface area contributed by atoms with Gasteiger partial charge in [-0.15, -0.1) is 0 Å². The van der Waals surface area contributed by atoms with Gasteiger partial charge in [-0.1, -0.05) is 44.5 Å². The van der Waals surface area contributed by atoms with E-state index in [2.05, 4.69) is 47.6 Å². The molecule has 0 spiro atoms. The zero-order chi connectivity index (χ0) is 26.6. The van der Waals surface area contributed by atoms with E-state index in [1.54, 1.807) is 4.90 Å². The van der Waals surface area contributed by atoms with Gasteiger partial charge in [-0.2, -0.15) is 0 Å². The maximum absolute atomic E-state index is 13.8. The minimum Gasteiger partial charge on any atom is -0.351 e. The summed E-state index contributed by atoms with van der Waals surface area (Å²) in [7, 11) is 0. The zero-order valence-electron chi connectivity index (χ0n) is 22.1. The molecule has 202 valence electrons. The molecule has 37 heavy (non-hydrogen) atoms. The van der Waals surface area contributed by atoms with Crippen LogP contribution in [0.15, 0.2) is 42.5 Å². The first kappa shape index (κ1) is 28.7. The van der Waals surface area contributed by atoms with Crippen LogP contribution in [0.1, 0.15) is 49.8 Å². The molecule has 0 aliphatic carbocycles. The molecule has 0 aromatic heterocycles. The van der Waals surface area contributed by atoms with E-state index in [1.807, 2.05) is 6.07 Å². The average Bonchev–Trinajstić information content (AvgIpc) is 2.86. The van der Waals surface area contributed by atoms with Crippen LogP contribution in [0.5, 0.6) is 0 Å². The Kier molecular flexibility index (Phi) is 11.5. The summed E-state index contributed by atoms with van der Waals surface area (Å²) in [5.74, 6) is -1.58. The van der Waals surface area contributed by atoms with Crippen molar-refractivity contribution >= 4 is 11.8 Å². The van der Waals surface area contributed by atoms with Crippen LogP contribution in [0.3, 0.4) is 0 Å². The van der Waals surface area contributed by atoms with E-state index in [9.17, 15) is 18.4 Å². The van der Waals surface area contributed by atoms with Crippen LogP contribution >= 0.6 is 0 Å². The molecule has 1 aliphatic heterocycles. The quantitative estimate of drug-likeness (QED) is 0.378. The van der Waals surface area contributed by atoms with Crippen molar-refractivity contribution < 1.29 is 18.4 Å². The molecule has 2 N–H and O–H groups in total. The number of halogens is 2. The molecule has 1 aliphatic rings. The Morgan fingerprint density at radius 2 is 1.78 bits per heavy atom. The van der Waals surface area contributed by atoms with E-state index in [1.165, 1.54) is 23.3 Å². The zero-order valence-corrected chi connectivity index (χ0v) is 22.1. The largest absolute Gasteiger partial charge is 0.351 e. The van der Waals surface area contributed by atoms with Crippen molar-refractivity contribution in [2.45, 2.75) is 58.5 Å². The maximum Gasteiger partial charge on any atom is 0.239 e. The number of nitrogens with zero attached hydrogens (tertiary/aromatic N) is 2. The highest BCUT2D eigenvalue weighted by atomic mass is 19.1. The fourth-order valence-electron chi connectivity index (χ4n) is 4.65. The number of nitrogens with one attached hydrogen (secondary N) is 2. The van der Waals surface area contributed by atoms with Crippen molar-refractivity contribution in [3.8, 4) is 0 Å². The van der Waals surface area contributed by atoms with E-state index in [-0.39, 0.29) is 24.4 Å². The molecule has 3 rings (SSSR count). The van der Waals surface area contributed by atoms with Crippen LogP contribution in [0.25, 0.3) is 0 Å². The molecule has 1 fully saturated rings. The molecular formula is C29H40F2N4O2. The van der Waals surface area contributed by atoms with Gasteiger partial charge in [-0.25, -0.2) is 8.78 Å². The average molecular weight is 515 g/mol. The molecule has 0 saturated carbocycles. The number of piperazine rings is 1. The lowest BCUT2D eigenvalue weighted by Gasteiger charge is -2.34. The minimum atomic E-state index is -0.638. The third kappa shape index (κ3) is 9.85. The van der Waals surface area contributed by atoms with Gasteiger partial charge in [0.1, 0.15) is 11.6 Å². The van der Waals surface area contributed by atoms with Crippen LogP contribution < -0.4 is 10.6 Å². The Bertz CT molecular complexity index is 1010. The monoisotopic (exact) mass is 514 g/mol. The van der Waals surface area contributed by atoms with Crippen LogP contribution in [0.2, 0.25) is 0 Å². The van der Waals surface area contributed by atoms with Gasteiger partial charge in [0.15, 0.2) is 0 Å². The number of hydrogen-bond acceptors (Lipinski definition) is 4. The molecule has 1 saturated heterocycles. The summed E-state index contributed by atoms with van der Waals surface area (Å²) in [6.45, 7) is 8.06. The van der Waals surface area contributed by atoms with Gasteiger partial charge in [-0.3, -0.25) is 14.5 Å². The maximum atomic E-state index is 13.8. The molecule has 2 aromatic rings. The second-order valence-corrected chi connectivity index (χ2v) is 9.83. The van der Waals surface area contributed by atoms with Gasteiger partial charge < -0.3 is 15.5 Å². The fourth-order valence-corrected chi connectivity index (χ4v) is 4.65. The number of benzene rings is 2. The van der Waals surface area contributed by atoms with E-state index in [0.717, 1.165) is 38.4 Å². The molecule has 0 bridgehead atoms. The summed E-state index contributed by atoms with van der Waals surface area (Å²) in [6, 6.07) is 11.5. The first-order chi connectivity index (χ1) is 17.9. The Labute approximate surface area is 219 Å².